The molecule has 3 rings (SSSR count). The van der Waals surface area contributed by atoms with Gasteiger partial charge in [0.25, 0.3) is 5.56 Å². The maximum atomic E-state index is 12.5. The Hall–Kier alpha value is -1.20. The molecule has 0 spiro atoms. The summed E-state index contributed by atoms with van der Waals surface area (Å²) >= 11 is 1.58. The summed E-state index contributed by atoms with van der Waals surface area (Å²) in [5.41, 5.74) is -0.758. The van der Waals surface area contributed by atoms with Crippen molar-refractivity contribution in [1.29, 1.82) is 0 Å². The molecule has 0 saturated heterocycles. The SMILES string of the molecule is CCc1cc2c(=O)n(CC3(O)CCCCC3)cnc2s1. The normalized spacial score (nSPS) is 18.5. The minimum Gasteiger partial charge on any atom is -0.388 e. The molecule has 0 aromatic carbocycles. The van der Waals surface area contributed by atoms with Crippen LogP contribution in [-0.4, -0.2) is 20.3 Å². The molecule has 0 radical (unpaired) electrons. The third-order valence-corrected chi connectivity index (χ3v) is 5.35. The summed E-state index contributed by atoms with van der Waals surface area (Å²) in [5.74, 6) is 0. The van der Waals surface area contributed by atoms with Crippen molar-refractivity contribution >= 4 is 21.6 Å². The quantitative estimate of drug-likeness (QED) is 0.946. The second kappa shape index (κ2) is 5.30. The maximum absolute atomic E-state index is 12.5. The van der Waals surface area contributed by atoms with E-state index in [0.29, 0.717) is 11.9 Å². The van der Waals surface area contributed by atoms with Gasteiger partial charge in [0.2, 0.25) is 0 Å². The van der Waals surface area contributed by atoms with Crippen molar-refractivity contribution in [2.45, 2.75) is 57.6 Å². The van der Waals surface area contributed by atoms with E-state index in [-0.39, 0.29) is 5.56 Å². The molecule has 1 N–H and O–H groups in total. The van der Waals surface area contributed by atoms with Crippen LogP contribution in [0.1, 0.15) is 43.9 Å². The molecule has 1 saturated carbocycles. The Morgan fingerprint density at radius 1 is 1.40 bits per heavy atom. The molecule has 0 bridgehead atoms. The van der Waals surface area contributed by atoms with Crippen LogP contribution in [0.3, 0.4) is 0 Å². The van der Waals surface area contributed by atoms with Crippen molar-refractivity contribution in [2.24, 2.45) is 0 Å². The Bertz CT molecular complexity index is 668. The number of nitrogens with zero attached hydrogens (tertiary/aromatic N) is 2. The van der Waals surface area contributed by atoms with Gasteiger partial charge in [-0.3, -0.25) is 9.36 Å². The Morgan fingerprint density at radius 3 is 2.85 bits per heavy atom. The Kier molecular flexibility index (Phi) is 3.65. The van der Waals surface area contributed by atoms with Crippen LogP contribution in [0.25, 0.3) is 10.2 Å². The Morgan fingerprint density at radius 2 is 2.15 bits per heavy atom. The van der Waals surface area contributed by atoms with E-state index in [0.717, 1.165) is 36.9 Å². The minimum atomic E-state index is -0.735. The van der Waals surface area contributed by atoms with Crippen LogP contribution in [0.2, 0.25) is 0 Å². The lowest BCUT2D eigenvalue weighted by molar-refractivity contribution is -0.0123. The lowest BCUT2D eigenvalue weighted by Crippen LogP contribution is -2.39. The summed E-state index contributed by atoms with van der Waals surface area (Å²) in [4.78, 5) is 18.9. The zero-order valence-corrected chi connectivity index (χ0v) is 12.6. The number of hydrogen-bond donors (Lipinski definition) is 1. The number of aliphatic hydroxyl groups is 1. The van der Waals surface area contributed by atoms with E-state index in [4.69, 9.17) is 0 Å². The van der Waals surface area contributed by atoms with Gasteiger partial charge in [-0.2, -0.15) is 0 Å². The van der Waals surface area contributed by atoms with Gasteiger partial charge in [0.15, 0.2) is 0 Å². The van der Waals surface area contributed by atoms with Gasteiger partial charge in [-0.05, 0) is 25.3 Å². The Labute approximate surface area is 122 Å². The predicted molar refractivity (Wildman–Crippen MR) is 81.3 cm³/mol. The highest BCUT2D eigenvalue weighted by atomic mass is 32.1. The number of hydrogen-bond acceptors (Lipinski definition) is 4. The first-order valence-corrected chi connectivity index (χ1v) is 8.13. The highest BCUT2D eigenvalue weighted by Gasteiger charge is 2.30. The van der Waals surface area contributed by atoms with E-state index in [1.165, 1.54) is 11.3 Å². The van der Waals surface area contributed by atoms with E-state index < -0.39 is 5.60 Å². The van der Waals surface area contributed by atoms with E-state index in [1.54, 1.807) is 22.2 Å². The van der Waals surface area contributed by atoms with Gasteiger partial charge in [-0.1, -0.05) is 26.2 Å². The smallest absolute Gasteiger partial charge is 0.262 e. The minimum absolute atomic E-state index is 0.0232. The topological polar surface area (TPSA) is 55.1 Å². The van der Waals surface area contributed by atoms with E-state index in [2.05, 4.69) is 11.9 Å². The average molecular weight is 292 g/mol. The monoisotopic (exact) mass is 292 g/mol. The molecule has 0 amide bonds. The van der Waals surface area contributed by atoms with Gasteiger partial charge in [-0.15, -0.1) is 11.3 Å². The van der Waals surface area contributed by atoms with Gasteiger partial charge in [0.1, 0.15) is 4.83 Å². The average Bonchev–Trinajstić information content (AvgIpc) is 2.87. The van der Waals surface area contributed by atoms with Gasteiger partial charge in [0, 0.05) is 4.88 Å². The molecule has 108 valence electrons. The molecular weight excluding hydrogens is 272 g/mol. The molecule has 4 nitrogen and oxygen atoms in total. The molecule has 0 aliphatic heterocycles. The fourth-order valence-corrected chi connectivity index (χ4v) is 3.91. The third-order valence-electron chi connectivity index (χ3n) is 4.17. The van der Waals surface area contributed by atoms with E-state index in [1.807, 2.05) is 6.07 Å². The van der Waals surface area contributed by atoms with Crippen LogP contribution >= 0.6 is 11.3 Å². The zero-order valence-electron chi connectivity index (χ0n) is 11.8. The summed E-state index contributed by atoms with van der Waals surface area (Å²) < 4.78 is 1.58. The molecule has 5 heteroatoms. The van der Waals surface area contributed by atoms with Crippen LogP contribution in [0.15, 0.2) is 17.2 Å². The standard InChI is InChI=1S/C15H20N2O2S/c1-2-11-8-12-13(20-11)16-10-17(14(12)18)9-15(19)6-4-3-5-7-15/h8,10,19H,2-7,9H2,1H3. The van der Waals surface area contributed by atoms with Crippen LogP contribution in [-0.2, 0) is 13.0 Å². The van der Waals surface area contributed by atoms with Crippen molar-refractivity contribution < 1.29 is 5.11 Å². The van der Waals surface area contributed by atoms with E-state index in [9.17, 15) is 9.90 Å². The lowest BCUT2D eigenvalue weighted by atomic mass is 9.85. The molecule has 1 aliphatic rings. The summed E-state index contributed by atoms with van der Waals surface area (Å²) in [6, 6.07) is 1.94. The van der Waals surface area contributed by atoms with Crippen LogP contribution in [0, 0.1) is 0 Å². The first-order valence-electron chi connectivity index (χ1n) is 7.31. The van der Waals surface area contributed by atoms with Crippen molar-refractivity contribution in [3.05, 3.63) is 27.6 Å². The third kappa shape index (κ3) is 2.52. The molecule has 1 fully saturated rings. The molecule has 2 aromatic heterocycles. The summed E-state index contributed by atoms with van der Waals surface area (Å²) in [5, 5.41) is 11.3. The molecule has 20 heavy (non-hydrogen) atoms. The molecule has 1 aliphatic carbocycles. The highest BCUT2D eigenvalue weighted by Crippen LogP contribution is 2.29. The van der Waals surface area contributed by atoms with Crippen molar-refractivity contribution in [3.8, 4) is 0 Å². The summed E-state index contributed by atoms with van der Waals surface area (Å²) in [6.07, 6.45) is 7.33. The first kappa shape index (κ1) is 13.8. The first-order chi connectivity index (χ1) is 9.61. The molecule has 0 unspecified atom stereocenters. The molecule has 0 atom stereocenters. The Balaban J connectivity index is 1.95. The van der Waals surface area contributed by atoms with Crippen molar-refractivity contribution in [1.82, 2.24) is 9.55 Å². The van der Waals surface area contributed by atoms with Crippen LogP contribution in [0.5, 0.6) is 0 Å². The molecule has 2 heterocycles. The fourth-order valence-electron chi connectivity index (χ4n) is 2.98. The number of thiophene rings is 1. The van der Waals surface area contributed by atoms with Gasteiger partial charge < -0.3 is 5.11 Å². The fraction of sp³-hybridized carbons (Fsp3) is 0.600. The number of aryl methyl sites for hydroxylation is 1. The van der Waals surface area contributed by atoms with Crippen molar-refractivity contribution in [3.63, 3.8) is 0 Å². The zero-order chi connectivity index (χ0) is 14.2. The predicted octanol–water partition coefficient (Wildman–Crippen LogP) is 2.72. The van der Waals surface area contributed by atoms with Crippen LogP contribution < -0.4 is 5.56 Å². The summed E-state index contributed by atoms with van der Waals surface area (Å²) in [6.45, 7) is 2.44. The van der Waals surface area contributed by atoms with Gasteiger partial charge in [-0.25, -0.2) is 4.98 Å². The number of fused-ring (bicyclic) bond motifs is 1. The lowest BCUT2D eigenvalue weighted by Gasteiger charge is -2.32. The van der Waals surface area contributed by atoms with Gasteiger partial charge in [0.05, 0.1) is 23.9 Å². The number of aromatic nitrogens is 2. The van der Waals surface area contributed by atoms with E-state index >= 15 is 0 Å². The second-order valence-electron chi connectivity index (χ2n) is 5.75. The second-order valence-corrected chi connectivity index (χ2v) is 6.86. The van der Waals surface area contributed by atoms with Gasteiger partial charge >= 0.3 is 0 Å². The highest BCUT2D eigenvalue weighted by molar-refractivity contribution is 7.18. The largest absolute Gasteiger partial charge is 0.388 e. The van der Waals surface area contributed by atoms with Crippen LogP contribution in [0.4, 0.5) is 0 Å². The number of rotatable bonds is 3. The molecular formula is C15H20N2O2S. The maximum Gasteiger partial charge on any atom is 0.262 e. The summed E-state index contributed by atoms with van der Waals surface area (Å²) in [7, 11) is 0. The molecule has 2 aromatic rings. The van der Waals surface area contributed by atoms with Crippen molar-refractivity contribution in [2.75, 3.05) is 0 Å².